The van der Waals surface area contributed by atoms with Crippen molar-refractivity contribution in [1.29, 1.82) is 0 Å². The Bertz CT molecular complexity index is 1330. The molecule has 1 aliphatic rings. The predicted octanol–water partition coefficient (Wildman–Crippen LogP) is 2.83. The van der Waals surface area contributed by atoms with Gasteiger partial charge in [-0.05, 0) is 30.7 Å². The third-order valence-electron chi connectivity index (χ3n) is 5.38. The number of carbonyl (C=O) groups is 1. The number of aromatic nitrogens is 1. The van der Waals surface area contributed by atoms with Gasteiger partial charge in [0.2, 0.25) is 11.2 Å². The van der Waals surface area contributed by atoms with Crippen molar-refractivity contribution in [2.24, 2.45) is 5.73 Å². The van der Waals surface area contributed by atoms with Gasteiger partial charge in [0.15, 0.2) is 0 Å². The molecule has 3 aromatic rings. The first-order chi connectivity index (χ1) is 15.2. The van der Waals surface area contributed by atoms with E-state index in [1.807, 2.05) is 0 Å². The lowest BCUT2D eigenvalue weighted by Crippen LogP contribution is -2.27. The van der Waals surface area contributed by atoms with Crippen molar-refractivity contribution in [2.75, 3.05) is 24.5 Å². The summed E-state index contributed by atoms with van der Waals surface area (Å²) in [6.07, 6.45) is 1.59. The Morgan fingerprint density at radius 3 is 2.45 bits per heavy atom. The van der Waals surface area contributed by atoms with Crippen molar-refractivity contribution in [3.8, 4) is 5.69 Å². The monoisotopic (exact) mass is 482 g/mol. The number of rotatable bonds is 5. The van der Waals surface area contributed by atoms with Crippen LogP contribution in [0.2, 0.25) is 0 Å². The van der Waals surface area contributed by atoms with Crippen molar-refractivity contribution in [1.82, 2.24) is 4.57 Å². The Kier molecular flexibility index (Phi) is 6.75. The van der Waals surface area contributed by atoms with E-state index in [4.69, 9.17) is 5.73 Å². The smallest absolute Gasteiger partial charge is 0.266 e. The lowest BCUT2D eigenvalue weighted by atomic mass is 10.1. The molecule has 2 heterocycles. The number of carbonyl (C=O) groups excluding carboxylic acids is 1. The third kappa shape index (κ3) is 4.55. The molecule has 0 saturated carbocycles. The second-order valence-corrected chi connectivity index (χ2v) is 7.57. The second kappa shape index (κ2) is 9.20. The molecule has 0 aliphatic carbocycles. The number of Topliss-reactive ketones (excluding diaryl/α,β-unsaturated/α-hetero) is 1. The van der Waals surface area contributed by atoms with Crippen molar-refractivity contribution >= 4 is 34.8 Å². The Hall–Kier alpha value is -3.44. The molecule has 1 atom stereocenters. The summed E-state index contributed by atoms with van der Waals surface area (Å²) in [5.41, 5.74) is 4.34. The number of nitrogens with two attached hydrogens (primary N) is 1. The maximum atomic E-state index is 14.9. The summed E-state index contributed by atoms with van der Waals surface area (Å²) < 4.78 is 44.1. The van der Waals surface area contributed by atoms with Crippen LogP contribution in [0.3, 0.4) is 0 Å². The average molecular weight is 483 g/mol. The summed E-state index contributed by atoms with van der Waals surface area (Å²) in [5.74, 6) is -3.72. The fourth-order valence-electron chi connectivity index (χ4n) is 3.86. The van der Waals surface area contributed by atoms with Crippen LogP contribution in [0.1, 0.15) is 16.8 Å². The van der Waals surface area contributed by atoms with Gasteiger partial charge in [0, 0.05) is 41.7 Å². The highest BCUT2D eigenvalue weighted by molar-refractivity contribution is 6.00. The number of benzene rings is 2. The predicted molar refractivity (Wildman–Crippen MR) is 118 cm³/mol. The first kappa shape index (κ1) is 24.2. The molecule has 12 heteroatoms. The number of pyridine rings is 1. The van der Waals surface area contributed by atoms with E-state index >= 15 is 0 Å². The number of hydrogen-bond donors (Lipinski definition) is 1. The molecule has 1 unspecified atom stereocenters. The number of nitro groups is 1. The van der Waals surface area contributed by atoms with Crippen LogP contribution in [0.4, 0.5) is 18.9 Å². The number of anilines is 1. The molecule has 1 aliphatic heterocycles. The fraction of sp³-hybridized carbons (Fsp3) is 0.238. The quantitative estimate of drug-likeness (QED) is 0.340. The normalized spacial score (nSPS) is 15.5. The Labute approximate surface area is 191 Å². The summed E-state index contributed by atoms with van der Waals surface area (Å²) >= 11 is 0. The maximum Gasteiger partial charge on any atom is 0.266 e. The fourth-order valence-corrected chi connectivity index (χ4v) is 3.86. The van der Waals surface area contributed by atoms with Crippen LogP contribution >= 0.6 is 12.4 Å². The topological polar surface area (TPSA) is 111 Å². The molecule has 8 nitrogen and oxygen atoms in total. The number of nitrogens with zero attached hydrogens (tertiary/aromatic N) is 3. The van der Waals surface area contributed by atoms with Crippen molar-refractivity contribution in [2.45, 2.75) is 12.5 Å². The molecule has 2 N–H and O–H groups in total. The molecule has 33 heavy (non-hydrogen) atoms. The molecule has 1 saturated heterocycles. The minimum Gasteiger partial charge on any atom is -0.367 e. The van der Waals surface area contributed by atoms with Crippen LogP contribution in [0.25, 0.3) is 16.6 Å². The van der Waals surface area contributed by atoms with Gasteiger partial charge >= 0.3 is 0 Å². The molecule has 0 bridgehead atoms. The number of halogens is 4. The van der Waals surface area contributed by atoms with E-state index in [-0.39, 0.29) is 40.7 Å². The van der Waals surface area contributed by atoms with Crippen LogP contribution in [0.15, 0.2) is 41.3 Å². The molecule has 2 aromatic carbocycles. The average Bonchev–Trinajstić information content (AvgIpc) is 3.14. The zero-order chi connectivity index (χ0) is 23.2. The molecule has 4 rings (SSSR count). The van der Waals surface area contributed by atoms with Gasteiger partial charge < -0.3 is 15.2 Å². The highest BCUT2D eigenvalue weighted by Crippen LogP contribution is 2.29. The van der Waals surface area contributed by atoms with E-state index in [2.05, 4.69) is 0 Å². The van der Waals surface area contributed by atoms with E-state index in [1.54, 1.807) is 4.90 Å². The van der Waals surface area contributed by atoms with Crippen molar-refractivity contribution < 1.29 is 22.9 Å². The van der Waals surface area contributed by atoms with Crippen LogP contribution < -0.4 is 16.1 Å². The summed E-state index contributed by atoms with van der Waals surface area (Å²) in [6, 6.07) is 4.76. The third-order valence-corrected chi connectivity index (χ3v) is 5.38. The first-order valence-corrected chi connectivity index (χ1v) is 9.65. The molecule has 0 spiro atoms. The summed E-state index contributed by atoms with van der Waals surface area (Å²) in [5, 5.41) is 10.5. The lowest BCUT2D eigenvalue weighted by molar-refractivity contribution is -0.465. The molecular formula is C21H18ClF3N4O4. The van der Waals surface area contributed by atoms with Gasteiger partial charge in [0.1, 0.15) is 17.5 Å². The van der Waals surface area contributed by atoms with Crippen LogP contribution in [0.5, 0.6) is 0 Å². The molecule has 174 valence electrons. The lowest BCUT2D eigenvalue weighted by Gasteiger charge is -2.21. The maximum absolute atomic E-state index is 14.9. The highest BCUT2D eigenvalue weighted by atomic mass is 35.5. The van der Waals surface area contributed by atoms with Crippen molar-refractivity contribution in [3.63, 3.8) is 0 Å². The Morgan fingerprint density at radius 1 is 1.15 bits per heavy atom. The van der Waals surface area contributed by atoms with Gasteiger partial charge in [-0.2, -0.15) is 0 Å². The van der Waals surface area contributed by atoms with E-state index in [1.165, 1.54) is 6.07 Å². The zero-order valence-electron chi connectivity index (χ0n) is 17.0. The van der Waals surface area contributed by atoms with E-state index in [9.17, 15) is 32.9 Å². The van der Waals surface area contributed by atoms with Crippen molar-refractivity contribution in [3.05, 3.63) is 79.9 Å². The van der Waals surface area contributed by atoms with Crippen LogP contribution in [-0.4, -0.2) is 40.9 Å². The minimum atomic E-state index is -1.17. The first-order valence-electron chi connectivity index (χ1n) is 9.65. The molecular weight excluding hydrogens is 465 g/mol. The molecule has 1 fully saturated rings. The van der Waals surface area contributed by atoms with E-state index < -0.39 is 45.7 Å². The molecule has 0 radical (unpaired) electrons. The van der Waals surface area contributed by atoms with E-state index in [0.29, 0.717) is 25.6 Å². The van der Waals surface area contributed by atoms with Gasteiger partial charge in [0.05, 0.1) is 22.5 Å². The SMILES string of the molecule is Cl.NC1CCN(c2cc3c(cc2F)c(=O)c(C(=O)C[N+](=O)[O-])cn3-c2ccc(F)cc2F)C1. The van der Waals surface area contributed by atoms with Gasteiger partial charge in [-0.15, -0.1) is 12.4 Å². The standard InChI is InChI=1S/C21H17F3N4O4.ClH/c22-11-1-2-17(15(23)5-11)27-9-14(20(29)10-28(31)32)21(30)13-6-16(24)19(7-18(13)27)26-4-3-12(25)8-26;/h1-2,5-7,9,12H,3-4,8,10,25H2;1H. The highest BCUT2D eigenvalue weighted by Gasteiger charge is 2.26. The number of fused-ring (bicyclic) bond motifs is 1. The van der Waals surface area contributed by atoms with Crippen LogP contribution in [0, 0.1) is 27.6 Å². The van der Waals surface area contributed by atoms with E-state index in [0.717, 1.165) is 29.0 Å². The molecule has 1 aromatic heterocycles. The largest absolute Gasteiger partial charge is 0.367 e. The van der Waals surface area contributed by atoms with Gasteiger partial charge in [-0.25, -0.2) is 13.2 Å². The van der Waals surface area contributed by atoms with Gasteiger partial charge in [-0.3, -0.25) is 19.7 Å². The number of ketones is 1. The Balaban J connectivity index is 0.00000306. The summed E-state index contributed by atoms with van der Waals surface area (Å²) in [7, 11) is 0. The molecule has 0 amide bonds. The summed E-state index contributed by atoms with van der Waals surface area (Å²) in [4.78, 5) is 36.8. The minimum absolute atomic E-state index is 0. The van der Waals surface area contributed by atoms with Crippen LogP contribution in [-0.2, 0) is 0 Å². The van der Waals surface area contributed by atoms with Gasteiger partial charge in [-0.1, -0.05) is 0 Å². The van der Waals surface area contributed by atoms with Gasteiger partial charge in [0.25, 0.3) is 6.54 Å². The zero-order valence-corrected chi connectivity index (χ0v) is 17.8. The summed E-state index contributed by atoms with van der Waals surface area (Å²) in [6.45, 7) is -0.325. The Morgan fingerprint density at radius 2 is 1.85 bits per heavy atom. The second-order valence-electron chi connectivity index (χ2n) is 7.57. The number of hydrogen-bond acceptors (Lipinski definition) is 6.